The Morgan fingerprint density at radius 3 is 2.74 bits per heavy atom. The zero-order valence-corrected chi connectivity index (χ0v) is 20.1. The van der Waals surface area contributed by atoms with Gasteiger partial charge in [0.25, 0.3) is 5.91 Å². The number of aromatic nitrogens is 2. The molecule has 9 heteroatoms. The summed E-state index contributed by atoms with van der Waals surface area (Å²) in [7, 11) is 0. The van der Waals surface area contributed by atoms with Crippen molar-refractivity contribution < 1.29 is 9.53 Å². The molecular formula is C26H33N7O2. The number of rotatable bonds is 9. The number of nitrogens with two attached hydrogens (primary N) is 2. The fourth-order valence-corrected chi connectivity index (χ4v) is 6.66. The minimum atomic E-state index is -0.521. The van der Waals surface area contributed by atoms with E-state index in [9.17, 15) is 10.1 Å². The van der Waals surface area contributed by atoms with Crippen LogP contribution in [-0.4, -0.2) is 35.1 Å². The first-order valence-corrected chi connectivity index (χ1v) is 12.4. The first kappa shape index (κ1) is 23.4. The second-order valence-electron chi connectivity index (χ2n) is 10.7. The topological polar surface area (TPSA) is 152 Å². The number of nitriles is 1. The van der Waals surface area contributed by atoms with Gasteiger partial charge in [0.05, 0.1) is 6.20 Å². The third-order valence-corrected chi connectivity index (χ3v) is 8.15. The summed E-state index contributed by atoms with van der Waals surface area (Å²) in [5.74, 6) is 3.12. The molecule has 1 aromatic heterocycles. The molecule has 4 aliphatic rings. The summed E-state index contributed by atoms with van der Waals surface area (Å²) in [4.78, 5) is 20.0. The van der Waals surface area contributed by atoms with Gasteiger partial charge in [-0.25, -0.2) is 4.98 Å². The van der Waals surface area contributed by atoms with Gasteiger partial charge in [0.2, 0.25) is 5.95 Å². The van der Waals surface area contributed by atoms with Gasteiger partial charge in [0, 0.05) is 19.1 Å². The van der Waals surface area contributed by atoms with Gasteiger partial charge in [-0.2, -0.15) is 10.2 Å². The molecule has 0 aliphatic heterocycles. The maximum Gasteiger partial charge on any atom is 0.255 e. The second-order valence-corrected chi connectivity index (χ2v) is 10.7. The highest BCUT2D eigenvalue weighted by Crippen LogP contribution is 2.59. The van der Waals surface area contributed by atoms with Crippen LogP contribution in [0.3, 0.4) is 0 Å². The number of benzene rings is 1. The third kappa shape index (κ3) is 4.89. The predicted octanol–water partition coefficient (Wildman–Crippen LogP) is 2.70. The molecular weight excluding hydrogens is 442 g/mol. The van der Waals surface area contributed by atoms with Crippen LogP contribution in [0.25, 0.3) is 0 Å². The molecule has 1 aromatic carbocycles. The molecule has 2 aromatic rings. The van der Waals surface area contributed by atoms with Crippen LogP contribution in [0.4, 0.5) is 11.8 Å². The lowest BCUT2D eigenvalue weighted by molar-refractivity contribution is -0.119. The number of carbonyl (C=O) groups excluding carboxylic acids is 1. The van der Waals surface area contributed by atoms with Gasteiger partial charge in [-0.05, 0) is 85.5 Å². The smallest absolute Gasteiger partial charge is 0.255 e. The first-order chi connectivity index (χ1) is 16.8. The quantitative estimate of drug-likeness (QED) is 0.432. The molecule has 9 nitrogen and oxygen atoms in total. The van der Waals surface area contributed by atoms with Gasteiger partial charge < -0.3 is 26.8 Å². The Morgan fingerprint density at radius 2 is 2.03 bits per heavy atom. The molecule has 1 unspecified atom stereocenters. The minimum Gasteiger partial charge on any atom is -0.484 e. The Balaban J connectivity index is 1.26. The SMILES string of the molecule is Cc1ccc(OCC(N)=O)cc1CNc1ncc(C#N)c(NC[C@]23CC4C[C@H](C2)[C@@H](N)[C@@H](C4)C3)n1. The van der Waals surface area contributed by atoms with E-state index in [4.69, 9.17) is 16.2 Å². The lowest BCUT2D eigenvalue weighted by Gasteiger charge is -2.59. The number of primary amides is 1. The molecule has 184 valence electrons. The zero-order chi connectivity index (χ0) is 24.6. The van der Waals surface area contributed by atoms with Crippen molar-refractivity contribution in [3.63, 3.8) is 0 Å². The lowest BCUT2D eigenvalue weighted by atomic mass is 9.48. The number of anilines is 2. The van der Waals surface area contributed by atoms with Crippen molar-refractivity contribution >= 4 is 17.7 Å². The third-order valence-electron chi connectivity index (χ3n) is 8.15. The molecule has 0 saturated heterocycles. The van der Waals surface area contributed by atoms with E-state index in [1.807, 2.05) is 19.1 Å². The molecule has 1 amide bonds. The zero-order valence-electron chi connectivity index (χ0n) is 20.1. The lowest BCUT2D eigenvalue weighted by Crippen LogP contribution is -2.58. The summed E-state index contributed by atoms with van der Waals surface area (Å²) in [6, 6.07) is 8.17. The highest BCUT2D eigenvalue weighted by atomic mass is 16.5. The van der Waals surface area contributed by atoms with Crippen molar-refractivity contribution in [3.8, 4) is 11.8 Å². The van der Waals surface area contributed by atoms with Crippen LogP contribution < -0.4 is 26.8 Å². The molecule has 0 radical (unpaired) electrons. The van der Waals surface area contributed by atoms with Crippen LogP contribution in [0, 0.1) is 41.4 Å². The van der Waals surface area contributed by atoms with Crippen molar-refractivity contribution in [1.82, 2.24) is 9.97 Å². The summed E-state index contributed by atoms with van der Waals surface area (Å²) < 4.78 is 5.42. The first-order valence-electron chi connectivity index (χ1n) is 12.4. The number of aryl methyl sites for hydroxylation is 1. The van der Waals surface area contributed by atoms with Gasteiger partial charge >= 0.3 is 0 Å². The predicted molar refractivity (Wildman–Crippen MR) is 132 cm³/mol. The highest BCUT2D eigenvalue weighted by molar-refractivity contribution is 5.75. The molecule has 1 heterocycles. The number of carbonyl (C=O) groups is 1. The Bertz CT molecular complexity index is 1140. The van der Waals surface area contributed by atoms with Crippen LogP contribution in [0.5, 0.6) is 5.75 Å². The molecule has 35 heavy (non-hydrogen) atoms. The summed E-state index contributed by atoms with van der Waals surface area (Å²) >= 11 is 0. The van der Waals surface area contributed by atoms with Gasteiger partial charge in [-0.1, -0.05) is 6.07 Å². The Hall–Kier alpha value is -3.38. The van der Waals surface area contributed by atoms with Crippen molar-refractivity contribution in [2.45, 2.75) is 51.6 Å². The van der Waals surface area contributed by atoms with Crippen LogP contribution in [0.2, 0.25) is 0 Å². The number of hydrogen-bond donors (Lipinski definition) is 4. The van der Waals surface area contributed by atoms with E-state index in [-0.39, 0.29) is 12.0 Å². The Kier molecular flexibility index (Phi) is 6.24. The summed E-state index contributed by atoms with van der Waals surface area (Å²) in [6.45, 7) is 3.11. The fourth-order valence-electron chi connectivity index (χ4n) is 6.66. The molecule has 6 N–H and O–H groups in total. The fraction of sp³-hybridized carbons (Fsp3) is 0.538. The van der Waals surface area contributed by atoms with Gasteiger partial charge in [0.1, 0.15) is 23.2 Å². The van der Waals surface area contributed by atoms with Crippen molar-refractivity contribution in [2.24, 2.45) is 34.6 Å². The van der Waals surface area contributed by atoms with Crippen LogP contribution in [0.1, 0.15) is 48.8 Å². The molecule has 4 saturated carbocycles. The maximum atomic E-state index is 11.0. The maximum absolute atomic E-state index is 11.0. The second kappa shape index (κ2) is 9.34. The Morgan fingerprint density at radius 1 is 1.26 bits per heavy atom. The van der Waals surface area contributed by atoms with E-state index in [0.717, 1.165) is 23.6 Å². The number of hydrogen-bond acceptors (Lipinski definition) is 8. The summed E-state index contributed by atoms with van der Waals surface area (Å²) in [5.41, 5.74) is 14.4. The average Bonchev–Trinajstić information content (AvgIpc) is 2.84. The summed E-state index contributed by atoms with van der Waals surface area (Å²) in [5, 5.41) is 16.4. The average molecular weight is 476 g/mol. The van der Waals surface area contributed by atoms with Crippen molar-refractivity contribution in [3.05, 3.63) is 41.1 Å². The molecule has 6 rings (SSSR count). The van der Waals surface area contributed by atoms with Gasteiger partial charge in [0.15, 0.2) is 6.61 Å². The molecule has 4 bridgehead atoms. The van der Waals surface area contributed by atoms with Crippen LogP contribution >= 0.6 is 0 Å². The normalized spacial score (nSPS) is 28.4. The molecule has 4 aliphatic carbocycles. The highest BCUT2D eigenvalue weighted by Gasteiger charge is 2.54. The van der Waals surface area contributed by atoms with E-state index in [1.54, 1.807) is 12.3 Å². The van der Waals surface area contributed by atoms with E-state index in [1.165, 1.54) is 32.1 Å². The molecule has 5 atom stereocenters. The van der Waals surface area contributed by atoms with Crippen LogP contribution in [0.15, 0.2) is 24.4 Å². The Labute approximate surface area is 205 Å². The van der Waals surface area contributed by atoms with Crippen LogP contribution in [-0.2, 0) is 11.3 Å². The number of nitrogens with one attached hydrogen (secondary N) is 2. The van der Waals surface area contributed by atoms with Gasteiger partial charge in [-0.3, -0.25) is 4.79 Å². The van der Waals surface area contributed by atoms with E-state index in [2.05, 4.69) is 26.7 Å². The largest absolute Gasteiger partial charge is 0.484 e. The number of ether oxygens (including phenoxy) is 1. The van der Waals surface area contributed by atoms with Crippen molar-refractivity contribution in [2.75, 3.05) is 23.8 Å². The number of amides is 1. The summed E-state index contributed by atoms with van der Waals surface area (Å²) in [6.07, 6.45) is 7.69. The monoisotopic (exact) mass is 475 g/mol. The molecule has 4 fully saturated rings. The van der Waals surface area contributed by atoms with E-state index in [0.29, 0.717) is 47.5 Å². The standard InChI is InChI=1S/C26H33N7O2/c1-15-2-3-21(35-13-22(28)34)6-19(15)11-30-25-31-12-20(10-27)24(33-25)32-14-26-7-16-4-17(8-26)23(29)18(5-16)9-26/h2-3,6,12,16-18,23H,4-5,7-9,11,13-14,29H2,1H3,(H2,28,34)(H2,30,31,32,33)/t16?,17-,18+,23-,26-. The molecule has 0 spiro atoms. The number of nitrogens with zero attached hydrogens (tertiary/aromatic N) is 3. The van der Waals surface area contributed by atoms with Crippen molar-refractivity contribution in [1.29, 1.82) is 5.26 Å². The minimum absolute atomic E-state index is 0.167. The van der Waals surface area contributed by atoms with E-state index < -0.39 is 5.91 Å². The van der Waals surface area contributed by atoms with E-state index >= 15 is 0 Å². The van der Waals surface area contributed by atoms with Gasteiger partial charge in [-0.15, -0.1) is 0 Å².